The van der Waals surface area contributed by atoms with Crippen molar-refractivity contribution in [2.24, 2.45) is 0 Å². The van der Waals surface area contributed by atoms with Gasteiger partial charge in [-0.25, -0.2) is 4.98 Å². The Morgan fingerprint density at radius 3 is 2.74 bits per heavy atom. The number of hydrogen-bond acceptors (Lipinski definition) is 6. The summed E-state index contributed by atoms with van der Waals surface area (Å²) in [6, 6.07) is 8.65. The Morgan fingerprint density at radius 1 is 1.11 bits per heavy atom. The van der Waals surface area contributed by atoms with Gasteiger partial charge < -0.3 is 24.3 Å². The standard InChI is InChI=1S/C20H27N3O4/c24-8-5-19-13-22-12-16(11-17(22)14-27-19)23-7-6-21-20(23)15-1-3-18(4-2-15)26-10-9-25/h1-4,6-7,16-17,19,24-25H,5,8-14H2/t16-,17+,19+/m1/s1. The molecule has 7 heteroatoms. The summed E-state index contributed by atoms with van der Waals surface area (Å²) in [6.45, 7) is 3.10. The van der Waals surface area contributed by atoms with Gasteiger partial charge in [0.1, 0.15) is 18.2 Å². The number of ether oxygens (including phenoxy) is 2. The molecule has 2 aliphatic heterocycles. The maximum Gasteiger partial charge on any atom is 0.140 e. The van der Waals surface area contributed by atoms with Crippen LogP contribution >= 0.6 is 0 Å². The predicted molar refractivity (Wildman–Crippen MR) is 101 cm³/mol. The molecule has 3 heterocycles. The molecule has 0 radical (unpaired) electrons. The van der Waals surface area contributed by atoms with E-state index in [0.717, 1.165) is 43.3 Å². The van der Waals surface area contributed by atoms with E-state index in [0.29, 0.717) is 25.1 Å². The van der Waals surface area contributed by atoms with Crippen LogP contribution in [0.25, 0.3) is 11.4 Å². The number of aromatic nitrogens is 2. The maximum absolute atomic E-state index is 9.16. The molecule has 3 atom stereocenters. The third kappa shape index (κ3) is 4.01. The number of aliphatic hydroxyl groups is 2. The third-order valence-corrected chi connectivity index (χ3v) is 5.45. The molecule has 0 amide bonds. The zero-order chi connectivity index (χ0) is 18.6. The summed E-state index contributed by atoms with van der Waals surface area (Å²) in [5.74, 6) is 1.71. The first-order valence-electron chi connectivity index (χ1n) is 9.62. The fourth-order valence-electron chi connectivity index (χ4n) is 4.13. The van der Waals surface area contributed by atoms with Crippen molar-refractivity contribution < 1.29 is 19.7 Å². The molecule has 2 aromatic rings. The number of aliphatic hydroxyl groups excluding tert-OH is 2. The molecule has 0 spiro atoms. The number of fused-ring (bicyclic) bond motifs is 1. The molecule has 7 nitrogen and oxygen atoms in total. The van der Waals surface area contributed by atoms with E-state index in [1.54, 1.807) is 0 Å². The Bertz CT molecular complexity index is 733. The van der Waals surface area contributed by atoms with Crippen LogP contribution < -0.4 is 4.74 Å². The zero-order valence-corrected chi connectivity index (χ0v) is 15.4. The lowest BCUT2D eigenvalue weighted by molar-refractivity contribution is -0.0567. The minimum Gasteiger partial charge on any atom is -0.491 e. The smallest absolute Gasteiger partial charge is 0.140 e. The highest BCUT2D eigenvalue weighted by atomic mass is 16.5. The fourth-order valence-corrected chi connectivity index (χ4v) is 4.13. The molecule has 146 valence electrons. The molecule has 27 heavy (non-hydrogen) atoms. The minimum atomic E-state index is 0.00831. The Kier molecular flexibility index (Phi) is 5.73. The van der Waals surface area contributed by atoms with Crippen molar-refractivity contribution in [1.29, 1.82) is 0 Å². The van der Waals surface area contributed by atoms with Crippen LogP contribution in [0, 0.1) is 0 Å². The number of morpholine rings is 1. The van der Waals surface area contributed by atoms with Crippen molar-refractivity contribution in [2.75, 3.05) is 39.5 Å². The molecule has 0 unspecified atom stereocenters. The molecule has 0 aliphatic carbocycles. The number of hydrogen-bond donors (Lipinski definition) is 2. The van der Waals surface area contributed by atoms with Crippen molar-refractivity contribution in [2.45, 2.75) is 31.0 Å². The summed E-state index contributed by atoms with van der Waals surface area (Å²) >= 11 is 0. The van der Waals surface area contributed by atoms with Gasteiger partial charge in [0, 0.05) is 49.7 Å². The number of imidazole rings is 1. The molecular weight excluding hydrogens is 346 g/mol. The summed E-state index contributed by atoms with van der Waals surface area (Å²) in [6.07, 6.45) is 5.80. The average Bonchev–Trinajstić information content (AvgIpc) is 3.33. The van der Waals surface area contributed by atoms with Gasteiger partial charge in [0.25, 0.3) is 0 Å². The van der Waals surface area contributed by atoms with Gasteiger partial charge in [0.2, 0.25) is 0 Å². The van der Waals surface area contributed by atoms with Crippen molar-refractivity contribution in [3.05, 3.63) is 36.7 Å². The highest BCUT2D eigenvalue weighted by Crippen LogP contribution is 2.34. The van der Waals surface area contributed by atoms with Crippen LogP contribution in [0.5, 0.6) is 5.75 Å². The second kappa shape index (κ2) is 8.39. The van der Waals surface area contributed by atoms with Crippen molar-refractivity contribution >= 4 is 0 Å². The van der Waals surface area contributed by atoms with Gasteiger partial charge in [0.15, 0.2) is 0 Å². The van der Waals surface area contributed by atoms with E-state index < -0.39 is 0 Å². The lowest BCUT2D eigenvalue weighted by atomic mass is 10.1. The van der Waals surface area contributed by atoms with Crippen LogP contribution in [-0.2, 0) is 4.74 Å². The molecule has 2 N–H and O–H groups in total. The van der Waals surface area contributed by atoms with Gasteiger partial charge >= 0.3 is 0 Å². The van der Waals surface area contributed by atoms with Crippen LogP contribution in [0.2, 0.25) is 0 Å². The minimum absolute atomic E-state index is 0.00831. The summed E-state index contributed by atoms with van der Waals surface area (Å²) < 4.78 is 13.6. The summed E-state index contributed by atoms with van der Waals surface area (Å²) in [5, 5.41) is 18.0. The predicted octanol–water partition coefficient (Wildman–Crippen LogP) is 1.32. The van der Waals surface area contributed by atoms with Gasteiger partial charge in [-0.2, -0.15) is 0 Å². The van der Waals surface area contributed by atoms with E-state index in [9.17, 15) is 0 Å². The lowest BCUT2D eigenvalue weighted by Gasteiger charge is -2.34. The summed E-state index contributed by atoms with van der Waals surface area (Å²) in [4.78, 5) is 7.07. The molecule has 2 saturated heterocycles. The monoisotopic (exact) mass is 373 g/mol. The van der Waals surface area contributed by atoms with Crippen LogP contribution in [-0.4, -0.2) is 76.3 Å². The first-order valence-corrected chi connectivity index (χ1v) is 9.62. The third-order valence-electron chi connectivity index (χ3n) is 5.45. The molecule has 1 aromatic carbocycles. The van der Waals surface area contributed by atoms with Crippen molar-refractivity contribution in [1.82, 2.24) is 14.5 Å². The van der Waals surface area contributed by atoms with E-state index in [1.807, 2.05) is 30.5 Å². The van der Waals surface area contributed by atoms with E-state index >= 15 is 0 Å². The molecule has 0 saturated carbocycles. The van der Waals surface area contributed by atoms with Crippen LogP contribution in [0.15, 0.2) is 36.7 Å². The quantitative estimate of drug-likeness (QED) is 0.762. The van der Waals surface area contributed by atoms with Crippen LogP contribution in [0.4, 0.5) is 0 Å². The van der Waals surface area contributed by atoms with Crippen LogP contribution in [0.1, 0.15) is 18.9 Å². The van der Waals surface area contributed by atoms with E-state index in [2.05, 4.69) is 20.6 Å². The van der Waals surface area contributed by atoms with E-state index in [4.69, 9.17) is 19.7 Å². The summed E-state index contributed by atoms with van der Waals surface area (Å²) in [7, 11) is 0. The summed E-state index contributed by atoms with van der Waals surface area (Å²) in [5.41, 5.74) is 1.05. The van der Waals surface area contributed by atoms with Gasteiger partial charge in [0.05, 0.1) is 19.3 Å². The SMILES string of the molecule is OCCOc1ccc(-c2nccn2[C@@H]2C[C@H]3CO[C@@H](CCO)CN3C2)cc1. The molecule has 4 rings (SSSR count). The topological polar surface area (TPSA) is 80.0 Å². The highest BCUT2D eigenvalue weighted by molar-refractivity contribution is 5.57. The zero-order valence-electron chi connectivity index (χ0n) is 15.4. The first kappa shape index (κ1) is 18.4. The molecule has 2 fully saturated rings. The average molecular weight is 373 g/mol. The molecule has 2 aliphatic rings. The number of nitrogens with zero attached hydrogens (tertiary/aromatic N) is 3. The second-order valence-corrected chi connectivity index (χ2v) is 7.22. The Morgan fingerprint density at radius 2 is 1.96 bits per heavy atom. The highest BCUT2D eigenvalue weighted by Gasteiger charge is 2.38. The second-order valence-electron chi connectivity index (χ2n) is 7.22. The van der Waals surface area contributed by atoms with Crippen molar-refractivity contribution in [3.8, 4) is 17.1 Å². The largest absolute Gasteiger partial charge is 0.491 e. The van der Waals surface area contributed by atoms with Crippen molar-refractivity contribution in [3.63, 3.8) is 0 Å². The van der Waals surface area contributed by atoms with Gasteiger partial charge in [-0.05, 0) is 37.1 Å². The molecule has 0 bridgehead atoms. The number of benzene rings is 1. The lowest BCUT2D eigenvalue weighted by Crippen LogP contribution is -2.46. The molecular formula is C20H27N3O4. The van der Waals surface area contributed by atoms with E-state index in [1.165, 1.54) is 0 Å². The normalized spacial score (nSPS) is 25.5. The molecule has 1 aromatic heterocycles. The Labute approximate surface area is 159 Å². The number of rotatable bonds is 7. The van der Waals surface area contributed by atoms with E-state index in [-0.39, 0.29) is 19.3 Å². The fraction of sp³-hybridized carbons (Fsp3) is 0.550. The first-order chi connectivity index (χ1) is 13.3. The van der Waals surface area contributed by atoms with Gasteiger partial charge in [-0.1, -0.05) is 0 Å². The van der Waals surface area contributed by atoms with Gasteiger partial charge in [-0.15, -0.1) is 0 Å². The van der Waals surface area contributed by atoms with Crippen LogP contribution in [0.3, 0.4) is 0 Å². The maximum atomic E-state index is 9.16. The Hall–Kier alpha value is -1.93. The van der Waals surface area contributed by atoms with Gasteiger partial charge in [-0.3, -0.25) is 4.90 Å². The Balaban J connectivity index is 1.46.